The molecule has 0 saturated carbocycles. The summed E-state index contributed by atoms with van der Waals surface area (Å²) in [5.74, 6) is 0.672. The summed E-state index contributed by atoms with van der Waals surface area (Å²) in [5, 5.41) is 8.97. The zero-order valence-corrected chi connectivity index (χ0v) is 19.3. The highest BCUT2D eigenvalue weighted by Gasteiger charge is 2.29. The van der Waals surface area contributed by atoms with Gasteiger partial charge in [0, 0.05) is 72.9 Å². The van der Waals surface area contributed by atoms with E-state index in [1.807, 2.05) is 12.1 Å². The average molecular weight is 462 g/mol. The van der Waals surface area contributed by atoms with Crippen LogP contribution < -0.4 is 10.6 Å². The van der Waals surface area contributed by atoms with Gasteiger partial charge in [0.25, 0.3) is 0 Å². The standard InChI is InChI=1S/C27H29F2N5/c1-34-16-18(6-10-30-24-8-12-32-26-14-20(28)2-4-22(24)26)19(17-34)7-11-31-25-9-13-33-27-15-21(29)3-5-23(25)27/h2-5,8-9,12-15,18-19H,6-7,10-11,16-17H2,1H3,(H,30,32)(H,31,33). The van der Waals surface area contributed by atoms with Crippen LogP contribution in [-0.4, -0.2) is 48.1 Å². The van der Waals surface area contributed by atoms with Gasteiger partial charge in [-0.05, 0) is 68.1 Å². The van der Waals surface area contributed by atoms with Crippen molar-refractivity contribution in [1.82, 2.24) is 14.9 Å². The van der Waals surface area contributed by atoms with Gasteiger partial charge in [-0.1, -0.05) is 0 Å². The smallest absolute Gasteiger partial charge is 0.125 e. The van der Waals surface area contributed by atoms with Crippen LogP contribution in [0.2, 0.25) is 0 Å². The number of rotatable bonds is 8. The summed E-state index contributed by atoms with van der Waals surface area (Å²) in [7, 11) is 2.18. The second kappa shape index (κ2) is 9.89. The lowest BCUT2D eigenvalue weighted by atomic mass is 9.90. The fourth-order valence-corrected chi connectivity index (χ4v) is 5.16. The third-order valence-corrected chi connectivity index (χ3v) is 6.83. The van der Waals surface area contributed by atoms with Crippen LogP contribution in [0.4, 0.5) is 20.2 Å². The topological polar surface area (TPSA) is 53.1 Å². The summed E-state index contributed by atoms with van der Waals surface area (Å²) in [6.07, 6.45) is 5.58. The highest BCUT2D eigenvalue weighted by Crippen LogP contribution is 2.30. The first-order valence-corrected chi connectivity index (χ1v) is 11.8. The second-order valence-corrected chi connectivity index (χ2v) is 9.21. The van der Waals surface area contributed by atoms with Gasteiger partial charge < -0.3 is 15.5 Å². The molecule has 2 aromatic heterocycles. The quantitative estimate of drug-likeness (QED) is 0.361. The number of anilines is 2. The highest BCUT2D eigenvalue weighted by atomic mass is 19.1. The SMILES string of the molecule is CN1CC(CCNc2ccnc3cc(F)ccc23)C(CCNc2ccnc3cc(F)ccc23)C1. The van der Waals surface area contributed by atoms with Gasteiger partial charge in [0.15, 0.2) is 0 Å². The first kappa shape index (κ1) is 22.5. The Kier molecular flexibility index (Phi) is 6.54. The number of fused-ring (bicyclic) bond motifs is 2. The second-order valence-electron chi connectivity index (χ2n) is 9.21. The van der Waals surface area contributed by atoms with E-state index in [2.05, 4.69) is 32.5 Å². The van der Waals surface area contributed by atoms with Crippen molar-refractivity contribution in [2.24, 2.45) is 11.8 Å². The average Bonchev–Trinajstić information content (AvgIpc) is 3.18. The summed E-state index contributed by atoms with van der Waals surface area (Å²) in [5.41, 5.74) is 3.33. The fraction of sp³-hybridized carbons (Fsp3) is 0.333. The van der Waals surface area contributed by atoms with Crippen molar-refractivity contribution in [1.29, 1.82) is 0 Å². The maximum absolute atomic E-state index is 13.5. The van der Waals surface area contributed by atoms with E-state index in [4.69, 9.17) is 0 Å². The van der Waals surface area contributed by atoms with E-state index in [-0.39, 0.29) is 11.6 Å². The summed E-state index contributed by atoms with van der Waals surface area (Å²) >= 11 is 0. The Morgan fingerprint density at radius 1 is 0.765 bits per heavy atom. The van der Waals surface area contributed by atoms with E-state index in [0.717, 1.165) is 61.2 Å². The molecule has 2 atom stereocenters. The monoisotopic (exact) mass is 461 g/mol. The number of benzene rings is 2. The molecule has 0 bridgehead atoms. The minimum Gasteiger partial charge on any atom is -0.384 e. The third-order valence-electron chi connectivity index (χ3n) is 6.83. The molecule has 3 heterocycles. The maximum Gasteiger partial charge on any atom is 0.125 e. The number of nitrogens with one attached hydrogen (secondary N) is 2. The summed E-state index contributed by atoms with van der Waals surface area (Å²) in [6, 6.07) is 13.4. The normalized spacial score (nSPS) is 18.6. The molecule has 176 valence electrons. The van der Waals surface area contributed by atoms with E-state index < -0.39 is 0 Å². The first-order valence-electron chi connectivity index (χ1n) is 11.8. The fourth-order valence-electron chi connectivity index (χ4n) is 5.16. The number of halogens is 2. The molecule has 5 rings (SSSR count). The first-order chi connectivity index (χ1) is 16.6. The van der Waals surface area contributed by atoms with Crippen molar-refractivity contribution >= 4 is 33.2 Å². The molecule has 7 heteroatoms. The molecular weight excluding hydrogens is 432 g/mol. The van der Waals surface area contributed by atoms with Gasteiger partial charge >= 0.3 is 0 Å². The number of nitrogens with zero attached hydrogens (tertiary/aromatic N) is 3. The Bertz CT molecular complexity index is 1200. The Morgan fingerprint density at radius 3 is 1.71 bits per heavy atom. The third kappa shape index (κ3) is 4.94. The Balaban J connectivity index is 1.17. The van der Waals surface area contributed by atoms with Gasteiger partial charge in [-0.15, -0.1) is 0 Å². The number of likely N-dealkylation sites (tertiary alicyclic amines) is 1. The van der Waals surface area contributed by atoms with Gasteiger partial charge in [-0.2, -0.15) is 0 Å². The van der Waals surface area contributed by atoms with Crippen LogP contribution in [0.3, 0.4) is 0 Å². The molecule has 34 heavy (non-hydrogen) atoms. The molecule has 1 aliphatic rings. The molecule has 1 aliphatic heterocycles. The number of hydrogen-bond donors (Lipinski definition) is 2. The van der Waals surface area contributed by atoms with Gasteiger partial charge in [0.1, 0.15) is 11.6 Å². The Labute approximate surface area is 198 Å². The van der Waals surface area contributed by atoms with Gasteiger partial charge in [-0.25, -0.2) is 8.78 Å². The molecule has 2 aromatic carbocycles. The Hall–Kier alpha value is -3.32. The lowest BCUT2D eigenvalue weighted by molar-refractivity contribution is 0.387. The highest BCUT2D eigenvalue weighted by molar-refractivity contribution is 5.91. The molecule has 1 fully saturated rings. The van der Waals surface area contributed by atoms with Crippen LogP contribution in [0.1, 0.15) is 12.8 Å². The molecule has 5 nitrogen and oxygen atoms in total. The molecule has 4 aromatic rings. The van der Waals surface area contributed by atoms with Crippen molar-refractivity contribution in [3.8, 4) is 0 Å². The maximum atomic E-state index is 13.5. The van der Waals surface area contributed by atoms with Crippen LogP contribution in [0, 0.1) is 23.5 Å². The molecule has 2 N–H and O–H groups in total. The predicted molar refractivity (Wildman–Crippen MR) is 134 cm³/mol. The molecule has 0 aliphatic carbocycles. The lowest BCUT2D eigenvalue weighted by Gasteiger charge is -2.20. The van der Waals surface area contributed by atoms with Gasteiger partial charge in [-0.3, -0.25) is 9.97 Å². The van der Waals surface area contributed by atoms with E-state index >= 15 is 0 Å². The molecule has 0 spiro atoms. The summed E-state index contributed by atoms with van der Waals surface area (Å²) in [4.78, 5) is 11.0. The molecule has 0 amide bonds. The number of hydrogen-bond acceptors (Lipinski definition) is 5. The van der Waals surface area contributed by atoms with E-state index in [1.54, 1.807) is 24.5 Å². The van der Waals surface area contributed by atoms with Crippen molar-refractivity contribution in [2.75, 3.05) is 43.9 Å². The van der Waals surface area contributed by atoms with E-state index in [1.165, 1.54) is 24.3 Å². The zero-order valence-electron chi connectivity index (χ0n) is 19.3. The van der Waals surface area contributed by atoms with E-state index in [0.29, 0.717) is 22.9 Å². The van der Waals surface area contributed by atoms with Crippen LogP contribution in [-0.2, 0) is 0 Å². The molecule has 2 unspecified atom stereocenters. The predicted octanol–water partition coefficient (Wildman–Crippen LogP) is 5.54. The van der Waals surface area contributed by atoms with Crippen LogP contribution in [0.15, 0.2) is 60.9 Å². The van der Waals surface area contributed by atoms with Crippen molar-refractivity contribution in [3.63, 3.8) is 0 Å². The summed E-state index contributed by atoms with van der Waals surface area (Å²) < 4.78 is 27.0. The van der Waals surface area contributed by atoms with Gasteiger partial charge in [0.05, 0.1) is 11.0 Å². The van der Waals surface area contributed by atoms with Crippen molar-refractivity contribution < 1.29 is 8.78 Å². The zero-order chi connectivity index (χ0) is 23.5. The van der Waals surface area contributed by atoms with E-state index in [9.17, 15) is 8.78 Å². The number of aromatic nitrogens is 2. The molecule has 0 radical (unpaired) electrons. The Morgan fingerprint density at radius 2 is 1.24 bits per heavy atom. The summed E-state index contributed by atoms with van der Waals surface area (Å²) in [6.45, 7) is 3.90. The van der Waals surface area contributed by atoms with Crippen molar-refractivity contribution in [2.45, 2.75) is 12.8 Å². The van der Waals surface area contributed by atoms with Gasteiger partial charge in [0.2, 0.25) is 0 Å². The van der Waals surface area contributed by atoms with Crippen LogP contribution in [0.25, 0.3) is 21.8 Å². The minimum absolute atomic E-state index is 0.269. The van der Waals surface area contributed by atoms with Crippen molar-refractivity contribution in [3.05, 3.63) is 72.6 Å². The van der Waals surface area contributed by atoms with Crippen LogP contribution in [0.5, 0.6) is 0 Å². The minimum atomic E-state index is -0.269. The lowest BCUT2D eigenvalue weighted by Crippen LogP contribution is -2.19. The number of pyridine rings is 2. The molecular formula is C27H29F2N5. The van der Waals surface area contributed by atoms with Crippen LogP contribution >= 0.6 is 0 Å². The molecule has 1 saturated heterocycles. The largest absolute Gasteiger partial charge is 0.384 e.